The van der Waals surface area contributed by atoms with Gasteiger partial charge in [0.05, 0.1) is 5.97 Å². The summed E-state index contributed by atoms with van der Waals surface area (Å²) in [4.78, 5) is 13.2. The summed E-state index contributed by atoms with van der Waals surface area (Å²) in [5, 5.41) is 12.5. The molecule has 6 heteroatoms. The zero-order chi connectivity index (χ0) is 21.1. The van der Waals surface area contributed by atoms with Crippen LogP contribution in [0.4, 0.5) is 0 Å². The maximum Gasteiger partial charge on any atom is 1.00 e. The van der Waals surface area contributed by atoms with Crippen LogP contribution in [0, 0.1) is 0 Å². The van der Waals surface area contributed by atoms with Crippen LogP contribution in [0.25, 0.3) is 0 Å². The third kappa shape index (κ3) is 5.68. The number of halogens is 1. The Morgan fingerprint density at radius 1 is 1.10 bits per heavy atom. The van der Waals surface area contributed by atoms with Crippen molar-refractivity contribution in [1.29, 1.82) is 0 Å². The molecular formula is C25H22ClNaO3S. The number of benzene rings is 3. The number of carboxylic acid groups (broad SMARTS) is 1. The molecule has 1 aliphatic rings. The van der Waals surface area contributed by atoms with Gasteiger partial charge in [0, 0.05) is 22.3 Å². The van der Waals surface area contributed by atoms with E-state index in [0.717, 1.165) is 17.7 Å². The van der Waals surface area contributed by atoms with E-state index in [4.69, 9.17) is 16.3 Å². The Hall–Kier alpha value is -1.43. The van der Waals surface area contributed by atoms with E-state index in [-0.39, 0.29) is 36.0 Å². The number of thioether (sulfide) groups is 1. The molecule has 1 aliphatic heterocycles. The second-order valence-electron chi connectivity index (χ2n) is 7.72. The van der Waals surface area contributed by atoms with Crippen LogP contribution >= 0.6 is 23.4 Å². The fourth-order valence-corrected chi connectivity index (χ4v) is 5.11. The van der Waals surface area contributed by atoms with Crippen LogP contribution in [0.2, 0.25) is 5.02 Å². The smallest absolute Gasteiger partial charge is 0.546 e. The number of carbonyl (C=O) groups is 1. The molecule has 0 aromatic heterocycles. The van der Waals surface area contributed by atoms with Crippen molar-refractivity contribution in [3.63, 3.8) is 0 Å². The fraction of sp³-hybridized carbons (Fsp3) is 0.240. The van der Waals surface area contributed by atoms with E-state index in [1.54, 1.807) is 31.2 Å². The molecule has 0 aliphatic carbocycles. The third-order valence-electron chi connectivity index (χ3n) is 5.47. The summed E-state index contributed by atoms with van der Waals surface area (Å²) in [6.45, 7) is 1.54. The van der Waals surface area contributed by atoms with E-state index >= 15 is 0 Å². The van der Waals surface area contributed by atoms with Crippen molar-refractivity contribution in [2.75, 3.05) is 5.75 Å². The first kappa shape index (κ1) is 24.2. The zero-order valence-corrected chi connectivity index (χ0v) is 21.2. The second kappa shape index (κ2) is 10.5. The van der Waals surface area contributed by atoms with Gasteiger partial charge in [-0.15, -0.1) is 11.8 Å². The first-order valence-electron chi connectivity index (χ1n) is 9.91. The number of hydrogen-bond acceptors (Lipinski definition) is 4. The summed E-state index contributed by atoms with van der Waals surface area (Å²) in [6.07, 6.45) is 1.26. The number of carbonyl (C=O) groups excluding carboxylic acids is 1. The van der Waals surface area contributed by atoms with Gasteiger partial charge in [-0.05, 0) is 66.1 Å². The number of fused-ring (bicyclic) bond motifs is 1. The summed E-state index contributed by atoms with van der Waals surface area (Å²) >= 11 is 7.82. The number of carboxylic acids is 1. The molecule has 0 amide bonds. The number of hydrogen-bond donors (Lipinski definition) is 0. The van der Waals surface area contributed by atoms with Gasteiger partial charge in [-0.25, -0.2) is 0 Å². The summed E-state index contributed by atoms with van der Waals surface area (Å²) in [6, 6.07) is 23.4. The monoisotopic (exact) mass is 460 g/mol. The van der Waals surface area contributed by atoms with Crippen LogP contribution < -0.4 is 39.4 Å². The molecule has 0 N–H and O–H groups in total. The summed E-state index contributed by atoms with van der Waals surface area (Å²) in [7, 11) is 0. The van der Waals surface area contributed by atoms with Crippen molar-refractivity contribution in [2.24, 2.45) is 0 Å². The molecule has 0 radical (unpaired) electrons. The molecule has 2 unspecified atom stereocenters. The Kier molecular flexibility index (Phi) is 8.17. The molecule has 0 saturated carbocycles. The van der Waals surface area contributed by atoms with E-state index in [1.165, 1.54) is 16.0 Å². The molecule has 31 heavy (non-hydrogen) atoms. The van der Waals surface area contributed by atoms with Crippen LogP contribution in [0.1, 0.15) is 36.0 Å². The average molecular weight is 461 g/mol. The van der Waals surface area contributed by atoms with E-state index in [1.807, 2.05) is 36.0 Å². The minimum absolute atomic E-state index is 0. The van der Waals surface area contributed by atoms with Crippen LogP contribution in [0.3, 0.4) is 0 Å². The van der Waals surface area contributed by atoms with Crippen LogP contribution in [0.15, 0.2) is 77.7 Å². The van der Waals surface area contributed by atoms with Crippen molar-refractivity contribution in [1.82, 2.24) is 0 Å². The molecule has 154 valence electrons. The molecule has 3 aromatic carbocycles. The minimum atomic E-state index is -1.48. The molecule has 3 nitrogen and oxygen atoms in total. The van der Waals surface area contributed by atoms with Crippen molar-refractivity contribution < 1.29 is 44.2 Å². The van der Waals surface area contributed by atoms with Crippen molar-refractivity contribution >= 4 is 29.3 Å². The first-order valence-corrected chi connectivity index (χ1v) is 11.3. The molecular weight excluding hydrogens is 439 g/mol. The number of rotatable bonds is 6. The van der Waals surface area contributed by atoms with Crippen LogP contribution in [-0.2, 0) is 11.2 Å². The second-order valence-corrected chi connectivity index (χ2v) is 9.29. The van der Waals surface area contributed by atoms with E-state index in [9.17, 15) is 9.90 Å². The maximum absolute atomic E-state index is 11.9. The topological polar surface area (TPSA) is 49.4 Å². The Morgan fingerprint density at radius 3 is 2.45 bits per heavy atom. The van der Waals surface area contributed by atoms with Gasteiger partial charge in [0.25, 0.3) is 0 Å². The van der Waals surface area contributed by atoms with Crippen molar-refractivity contribution in [3.05, 3.63) is 94.5 Å². The maximum atomic E-state index is 11.9. The molecule has 0 fully saturated rings. The van der Waals surface area contributed by atoms with Gasteiger partial charge in [-0.2, -0.15) is 0 Å². The molecule has 0 spiro atoms. The van der Waals surface area contributed by atoms with E-state index < -0.39 is 11.6 Å². The summed E-state index contributed by atoms with van der Waals surface area (Å²) < 4.78 is 5.91. The number of aliphatic carboxylic acids is 1. The van der Waals surface area contributed by atoms with Crippen LogP contribution in [-0.4, -0.2) is 17.3 Å². The predicted octanol–water partition coefficient (Wildman–Crippen LogP) is 2.10. The van der Waals surface area contributed by atoms with Gasteiger partial charge >= 0.3 is 29.6 Å². The minimum Gasteiger partial charge on any atom is -0.546 e. The SMILES string of the molecule is CC(Cc1ccc(Cl)cc1)(Oc1ccc(C2CCSc3ccccc32)cc1)C(=O)[O-].[Na+]. The van der Waals surface area contributed by atoms with E-state index in [0.29, 0.717) is 16.7 Å². The molecule has 4 rings (SSSR count). The Bertz CT molecular complexity index is 1040. The largest absolute Gasteiger partial charge is 1.00 e. The van der Waals surface area contributed by atoms with Gasteiger partial charge < -0.3 is 14.6 Å². The predicted molar refractivity (Wildman–Crippen MR) is 119 cm³/mol. The van der Waals surface area contributed by atoms with E-state index in [2.05, 4.69) is 24.3 Å². The van der Waals surface area contributed by atoms with Gasteiger partial charge in [0.2, 0.25) is 0 Å². The first-order chi connectivity index (χ1) is 14.4. The summed E-state index contributed by atoms with van der Waals surface area (Å²) in [5.41, 5.74) is 1.90. The van der Waals surface area contributed by atoms with Crippen LogP contribution in [0.5, 0.6) is 5.75 Å². The molecule has 0 saturated heterocycles. The standard InChI is InChI=1S/C25H23ClO3S.Na/c1-25(24(27)28,16-17-6-10-19(26)11-7-17)29-20-12-8-18(9-13-20)21-14-15-30-23-5-3-2-4-22(21)23;/h2-13,21H,14-16H2,1H3,(H,27,28);/q;+1/p-1. The van der Waals surface area contributed by atoms with Gasteiger partial charge in [-0.3, -0.25) is 0 Å². The summed E-state index contributed by atoms with van der Waals surface area (Å²) in [5.74, 6) is 0.694. The average Bonchev–Trinajstić information content (AvgIpc) is 2.75. The Labute approximate surface area is 214 Å². The van der Waals surface area contributed by atoms with Crippen molar-refractivity contribution in [2.45, 2.75) is 36.2 Å². The quantitative estimate of drug-likeness (QED) is 0.529. The fourth-order valence-electron chi connectivity index (χ4n) is 3.86. The zero-order valence-electron chi connectivity index (χ0n) is 17.6. The Balaban J connectivity index is 0.00000272. The third-order valence-corrected chi connectivity index (χ3v) is 6.85. The molecule has 0 bridgehead atoms. The van der Waals surface area contributed by atoms with Gasteiger partial charge in [0.15, 0.2) is 0 Å². The molecule has 1 heterocycles. The molecule has 3 aromatic rings. The molecule has 2 atom stereocenters. The number of ether oxygens (including phenoxy) is 1. The Morgan fingerprint density at radius 2 is 1.77 bits per heavy atom. The van der Waals surface area contributed by atoms with Crippen molar-refractivity contribution in [3.8, 4) is 5.75 Å². The van der Waals surface area contributed by atoms with Gasteiger partial charge in [0.1, 0.15) is 11.4 Å². The normalized spacial score (nSPS) is 17.0. The van der Waals surface area contributed by atoms with Gasteiger partial charge in [-0.1, -0.05) is 54.1 Å².